The quantitative estimate of drug-likeness (QED) is 0.572. The Morgan fingerprint density at radius 2 is 1.72 bits per heavy atom. The summed E-state index contributed by atoms with van der Waals surface area (Å²) in [5.41, 5.74) is 3.04. The molecule has 0 aromatic heterocycles. The van der Waals surface area contributed by atoms with Gasteiger partial charge in [0.1, 0.15) is 12.4 Å². The molecule has 2 aromatic rings. The van der Waals surface area contributed by atoms with Gasteiger partial charge in [0.15, 0.2) is 0 Å². The minimum Gasteiger partial charge on any atom is -0.492 e. The maximum atomic E-state index is 12.2. The van der Waals surface area contributed by atoms with E-state index in [4.69, 9.17) is 4.74 Å². The highest BCUT2D eigenvalue weighted by atomic mass is 16.6. The van der Waals surface area contributed by atoms with Crippen molar-refractivity contribution in [3.8, 4) is 5.75 Å². The second kappa shape index (κ2) is 8.28. The predicted molar refractivity (Wildman–Crippen MR) is 95.8 cm³/mol. The van der Waals surface area contributed by atoms with Gasteiger partial charge >= 0.3 is 0 Å². The minimum absolute atomic E-state index is 0.0198. The SMILES string of the molecule is Cc1cc(C)cc(OCCN(C)C(=O)Cc2ccc([N+](=O)[O-])cc2)c1. The highest BCUT2D eigenvalue weighted by Crippen LogP contribution is 2.16. The van der Waals surface area contributed by atoms with Gasteiger partial charge in [-0.1, -0.05) is 18.2 Å². The van der Waals surface area contributed by atoms with Crippen molar-refractivity contribution in [2.75, 3.05) is 20.2 Å². The average Bonchev–Trinajstić information content (AvgIpc) is 2.54. The molecule has 0 radical (unpaired) electrons. The van der Waals surface area contributed by atoms with Gasteiger partial charge in [-0.05, 0) is 42.7 Å². The number of non-ortho nitro benzene ring substituents is 1. The summed E-state index contributed by atoms with van der Waals surface area (Å²) in [5.74, 6) is 0.742. The zero-order chi connectivity index (χ0) is 18.4. The number of carbonyl (C=O) groups is 1. The summed E-state index contributed by atoms with van der Waals surface area (Å²) < 4.78 is 5.71. The number of amides is 1. The molecule has 0 N–H and O–H groups in total. The third-order valence-electron chi connectivity index (χ3n) is 3.82. The molecule has 0 bridgehead atoms. The van der Waals surface area contributed by atoms with E-state index < -0.39 is 4.92 Å². The lowest BCUT2D eigenvalue weighted by Crippen LogP contribution is -2.32. The van der Waals surface area contributed by atoms with E-state index in [0.717, 1.165) is 22.4 Å². The lowest BCUT2D eigenvalue weighted by atomic mass is 10.1. The number of rotatable bonds is 7. The Bertz CT molecular complexity index is 736. The van der Waals surface area contributed by atoms with Crippen molar-refractivity contribution in [2.24, 2.45) is 0 Å². The number of nitrogens with zero attached hydrogens (tertiary/aromatic N) is 2. The first kappa shape index (κ1) is 18.4. The number of aryl methyl sites for hydroxylation is 2. The number of likely N-dealkylation sites (N-methyl/N-ethyl adjacent to an activating group) is 1. The first-order valence-electron chi connectivity index (χ1n) is 8.03. The van der Waals surface area contributed by atoms with E-state index in [-0.39, 0.29) is 18.0 Å². The van der Waals surface area contributed by atoms with Gasteiger partial charge in [-0.25, -0.2) is 0 Å². The Kier molecular flexibility index (Phi) is 6.11. The highest BCUT2D eigenvalue weighted by molar-refractivity contribution is 5.78. The first-order chi connectivity index (χ1) is 11.8. The lowest BCUT2D eigenvalue weighted by Gasteiger charge is -2.18. The van der Waals surface area contributed by atoms with Crippen molar-refractivity contribution in [3.63, 3.8) is 0 Å². The Morgan fingerprint density at radius 3 is 2.28 bits per heavy atom. The molecule has 0 saturated heterocycles. The number of nitro benzene ring substituents is 1. The maximum Gasteiger partial charge on any atom is 0.269 e. The summed E-state index contributed by atoms with van der Waals surface area (Å²) in [7, 11) is 1.72. The van der Waals surface area contributed by atoms with Gasteiger partial charge in [0.05, 0.1) is 17.9 Å². The van der Waals surface area contributed by atoms with Crippen LogP contribution >= 0.6 is 0 Å². The van der Waals surface area contributed by atoms with Gasteiger partial charge in [0.2, 0.25) is 5.91 Å². The van der Waals surface area contributed by atoms with Gasteiger partial charge < -0.3 is 9.64 Å². The lowest BCUT2D eigenvalue weighted by molar-refractivity contribution is -0.384. The molecule has 0 spiro atoms. The summed E-state index contributed by atoms with van der Waals surface area (Å²) in [6.45, 7) is 4.91. The van der Waals surface area contributed by atoms with Crippen molar-refractivity contribution in [3.05, 3.63) is 69.3 Å². The van der Waals surface area contributed by atoms with Gasteiger partial charge in [0.25, 0.3) is 5.69 Å². The summed E-state index contributed by atoms with van der Waals surface area (Å²) in [4.78, 5) is 24.0. The van der Waals surface area contributed by atoms with E-state index in [0.29, 0.717) is 13.2 Å². The van der Waals surface area contributed by atoms with Crippen LogP contribution in [0.1, 0.15) is 16.7 Å². The van der Waals surface area contributed by atoms with Crippen LogP contribution < -0.4 is 4.74 Å². The fourth-order valence-electron chi connectivity index (χ4n) is 2.49. The highest BCUT2D eigenvalue weighted by Gasteiger charge is 2.11. The van der Waals surface area contributed by atoms with Crippen LogP contribution in [0.2, 0.25) is 0 Å². The van der Waals surface area contributed by atoms with E-state index in [1.54, 1.807) is 24.1 Å². The monoisotopic (exact) mass is 342 g/mol. The molecule has 0 atom stereocenters. The van der Waals surface area contributed by atoms with Crippen molar-refractivity contribution in [2.45, 2.75) is 20.3 Å². The summed E-state index contributed by atoms with van der Waals surface area (Å²) in [6, 6.07) is 12.0. The first-order valence-corrected chi connectivity index (χ1v) is 8.03. The Balaban J connectivity index is 1.82. The van der Waals surface area contributed by atoms with Gasteiger partial charge in [-0.3, -0.25) is 14.9 Å². The maximum absolute atomic E-state index is 12.2. The molecular formula is C19H22N2O4. The fourth-order valence-corrected chi connectivity index (χ4v) is 2.49. The zero-order valence-electron chi connectivity index (χ0n) is 14.7. The number of hydrogen-bond acceptors (Lipinski definition) is 4. The largest absolute Gasteiger partial charge is 0.492 e. The molecule has 0 unspecified atom stereocenters. The number of benzene rings is 2. The average molecular weight is 342 g/mol. The summed E-state index contributed by atoms with van der Waals surface area (Å²) in [6.07, 6.45) is 0.206. The van der Waals surface area contributed by atoms with Crippen LogP contribution in [0.15, 0.2) is 42.5 Å². The molecule has 2 aromatic carbocycles. The normalized spacial score (nSPS) is 10.4. The molecule has 6 nitrogen and oxygen atoms in total. The predicted octanol–water partition coefficient (Wildman–Crippen LogP) is 3.29. The van der Waals surface area contributed by atoms with Gasteiger partial charge in [-0.2, -0.15) is 0 Å². The van der Waals surface area contributed by atoms with Crippen LogP contribution in [-0.2, 0) is 11.2 Å². The second-order valence-electron chi connectivity index (χ2n) is 6.09. The molecule has 0 fully saturated rings. The van der Waals surface area contributed by atoms with Crippen LogP contribution in [0.5, 0.6) is 5.75 Å². The Hall–Kier alpha value is -2.89. The number of hydrogen-bond donors (Lipinski definition) is 0. The summed E-state index contributed by atoms with van der Waals surface area (Å²) in [5, 5.41) is 10.6. The van der Waals surface area contributed by atoms with E-state index in [9.17, 15) is 14.9 Å². The fraction of sp³-hybridized carbons (Fsp3) is 0.316. The molecule has 0 saturated carbocycles. The molecule has 132 valence electrons. The molecule has 2 rings (SSSR count). The van der Waals surface area contributed by atoms with Crippen LogP contribution in [-0.4, -0.2) is 35.9 Å². The molecule has 25 heavy (non-hydrogen) atoms. The van der Waals surface area contributed by atoms with Crippen LogP contribution in [0, 0.1) is 24.0 Å². The van der Waals surface area contributed by atoms with E-state index in [1.165, 1.54) is 12.1 Å². The number of nitro groups is 1. The van der Waals surface area contributed by atoms with E-state index in [2.05, 4.69) is 6.07 Å². The molecule has 0 aliphatic rings. The minimum atomic E-state index is -0.456. The number of carbonyl (C=O) groups excluding carboxylic acids is 1. The van der Waals surface area contributed by atoms with Gasteiger partial charge in [0, 0.05) is 19.2 Å². The van der Waals surface area contributed by atoms with Crippen LogP contribution in [0.4, 0.5) is 5.69 Å². The molecule has 6 heteroatoms. The zero-order valence-corrected chi connectivity index (χ0v) is 14.7. The van der Waals surface area contributed by atoms with Crippen molar-refractivity contribution in [1.29, 1.82) is 0 Å². The Labute approximate surface area is 147 Å². The summed E-state index contributed by atoms with van der Waals surface area (Å²) >= 11 is 0. The van der Waals surface area contributed by atoms with Crippen molar-refractivity contribution >= 4 is 11.6 Å². The third kappa shape index (κ3) is 5.60. The van der Waals surface area contributed by atoms with Crippen molar-refractivity contribution < 1.29 is 14.5 Å². The van der Waals surface area contributed by atoms with Crippen LogP contribution in [0.3, 0.4) is 0 Å². The molecule has 0 heterocycles. The van der Waals surface area contributed by atoms with Crippen LogP contribution in [0.25, 0.3) is 0 Å². The van der Waals surface area contributed by atoms with E-state index in [1.807, 2.05) is 26.0 Å². The molecule has 1 amide bonds. The number of ether oxygens (including phenoxy) is 1. The van der Waals surface area contributed by atoms with E-state index >= 15 is 0 Å². The molecule has 0 aliphatic carbocycles. The standard InChI is InChI=1S/C19H22N2O4/c1-14-10-15(2)12-18(11-14)25-9-8-20(3)19(22)13-16-4-6-17(7-5-16)21(23)24/h4-7,10-12H,8-9,13H2,1-3H3. The van der Waals surface area contributed by atoms with Gasteiger partial charge in [-0.15, -0.1) is 0 Å². The molecule has 0 aliphatic heterocycles. The third-order valence-corrected chi connectivity index (χ3v) is 3.82. The second-order valence-corrected chi connectivity index (χ2v) is 6.09. The smallest absolute Gasteiger partial charge is 0.269 e. The Morgan fingerprint density at radius 1 is 1.12 bits per heavy atom. The topological polar surface area (TPSA) is 72.7 Å². The molecular weight excluding hydrogens is 320 g/mol. The van der Waals surface area contributed by atoms with Crippen molar-refractivity contribution in [1.82, 2.24) is 4.90 Å².